The summed E-state index contributed by atoms with van der Waals surface area (Å²) >= 11 is 0. The van der Waals surface area contributed by atoms with E-state index in [1.807, 2.05) is 0 Å². The molecule has 1 atom stereocenters. The van der Waals surface area contributed by atoms with Gasteiger partial charge in [0.2, 0.25) is 0 Å². The molecule has 82 valence electrons. The van der Waals surface area contributed by atoms with E-state index >= 15 is 0 Å². The first kappa shape index (κ1) is 11.6. The van der Waals surface area contributed by atoms with E-state index in [4.69, 9.17) is 5.11 Å². The molecule has 0 saturated heterocycles. The van der Waals surface area contributed by atoms with Gasteiger partial charge < -0.3 is 10.4 Å². The summed E-state index contributed by atoms with van der Waals surface area (Å²) in [6.07, 6.45) is 0. The van der Waals surface area contributed by atoms with E-state index in [2.05, 4.69) is 5.32 Å². The minimum Gasteiger partial charge on any atom is -0.480 e. The fourth-order valence-electron chi connectivity index (χ4n) is 1.31. The van der Waals surface area contributed by atoms with Crippen molar-refractivity contribution in [1.29, 1.82) is 0 Å². The minimum atomic E-state index is -1.77. The highest BCUT2D eigenvalue weighted by Gasteiger charge is 2.38. The molecule has 0 amide bonds. The molecular weight excluding hydrogens is 204 g/mol. The van der Waals surface area contributed by atoms with Crippen molar-refractivity contribution in [3.05, 3.63) is 35.4 Å². The lowest BCUT2D eigenvalue weighted by Gasteiger charge is -2.25. The van der Waals surface area contributed by atoms with E-state index in [0.29, 0.717) is 0 Å². The van der Waals surface area contributed by atoms with Gasteiger partial charge in [-0.3, -0.25) is 0 Å². The summed E-state index contributed by atoms with van der Waals surface area (Å²) < 4.78 is 26.7. The predicted molar refractivity (Wildman–Crippen MR) is 50.4 cm³/mol. The maximum atomic E-state index is 13.3. The second-order valence-electron chi connectivity index (χ2n) is 3.28. The number of hydrogen-bond donors (Lipinski definition) is 2. The summed E-state index contributed by atoms with van der Waals surface area (Å²) in [5, 5.41) is 11.3. The van der Waals surface area contributed by atoms with E-state index in [-0.39, 0.29) is 0 Å². The van der Waals surface area contributed by atoms with Gasteiger partial charge in [0.05, 0.1) is 5.56 Å². The first-order valence-electron chi connectivity index (χ1n) is 4.30. The molecule has 0 aliphatic rings. The van der Waals surface area contributed by atoms with Crippen molar-refractivity contribution in [1.82, 2.24) is 5.32 Å². The summed E-state index contributed by atoms with van der Waals surface area (Å²) in [4.78, 5) is 11.0. The van der Waals surface area contributed by atoms with E-state index in [9.17, 15) is 13.6 Å². The molecule has 0 unspecified atom stereocenters. The molecule has 5 heteroatoms. The molecule has 0 aliphatic heterocycles. The van der Waals surface area contributed by atoms with Crippen molar-refractivity contribution in [2.75, 3.05) is 7.05 Å². The Hall–Kier alpha value is -1.49. The van der Waals surface area contributed by atoms with Crippen LogP contribution in [0.3, 0.4) is 0 Å². The van der Waals surface area contributed by atoms with Crippen LogP contribution in [0.15, 0.2) is 18.2 Å². The first-order chi connectivity index (χ1) is 6.93. The Labute approximate surface area is 85.7 Å². The molecular formula is C10H11F2NO2. The van der Waals surface area contributed by atoms with Crippen molar-refractivity contribution in [3.63, 3.8) is 0 Å². The molecule has 1 aromatic carbocycles. The largest absolute Gasteiger partial charge is 0.480 e. The van der Waals surface area contributed by atoms with Crippen molar-refractivity contribution < 1.29 is 18.7 Å². The number of carboxylic acid groups (broad SMARTS) is 1. The summed E-state index contributed by atoms with van der Waals surface area (Å²) in [7, 11) is 1.33. The molecule has 0 aliphatic carbocycles. The molecule has 0 aromatic heterocycles. The van der Waals surface area contributed by atoms with Crippen LogP contribution in [0.5, 0.6) is 0 Å². The number of likely N-dealkylation sites (N-methyl/N-ethyl adjacent to an activating group) is 1. The molecule has 2 N–H and O–H groups in total. The molecule has 3 nitrogen and oxygen atoms in total. The highest BCUT2D eigenvalue weighted by molar-refractivity contribution is 5.80. The Morgan fingerprint density at radius 3 is 2.20 bits per heavy atom. The van der Waals surface area contributed by atoms with Gasteiger partial charge in [-0.25, -0.2) is 13.6 Å². The van der Waals surface area contributed by atoms with E-state index in [1.54, 1.807) is 0 Å². The number of halogens is 2. The van der Waals surface area contributed by atoms with Crippen molar-refractivity contribution in [3.8, 4) is 0 Å². The monoisotopic (exact) mass is 215 g/mol. The number of aliphatic carboxylic acids is 1. The van der Waals surface area contributed by atoms with Gasteiger partial charge in [0.1, 0.15) is 17.2 Å². The van der Waals surface area contributed by atoms with E-state index in [0.717, 1.165) is 12.1 Å². The summed E-state index contributed by atoms with van der Waals surface area (Å²) in [5.41, 5.74) is -2.25. The third kappa shape index (κ3) is 1.83. The number of benzene rings is 1. The van der Waals surface area contributed by atoms with Crippen LogP contribution < -0.4 is 5.32 Å². The summed E-state index contributed by atoms with van der Waals surface area (Å²) in [5.74, 6) is -3.10. The summed E-state index contributed by atoms with van der Waals surface area (Å²) in [6, 6.07) is 3.24. The molecule has 0 fully saturated rings. The minimum absolute atomic E-state index is 0.486. The van der Waals surface area contributed by atoms with Crippen molar-refractivity contribution in [2.45, 2.75) is 12.5 Å². The zero-order chi connectivity index (χ0) is 11.6. The molecule has 1 aromatic rings. The lowest BCUT2D eigenvalue weighted by atomic mass is 9.91. The average molecular weight is 215 g/mol. The lowest BCUT2D eigenvalue weighted by Crippen LogP contribution is -2.46. The van der Waals surface area contributed by atoms with Crippen molar-refractivity contribution >= 4 is 5.97 Å². The normalized spacial score (nSPS) is 14.7. The fraction of sp³-hybridized carbons (Fsp3) is 0.300. The Balaban J connectivity index is 3.42. The van der Waals surface area contributed by atoms with Crippen LogP contribution >= 0.6 is 0 Å². The van der Waals surface area contributed by atoms with Gasteiger partial charge in [-0.1, -0.05) is 6.07 Å². The Morgan fingerprint density at radius 1 is 1.40 bits per heavy atom. The maximum absolute atomic E-state index is 13.3. The number of carboxylic acids is 1. The zero-order valence-corrected chi connectivity index (χ0v) is 8.34. The van der Waals surface area contributed by atoms with Crippen LogP contribution in [0.4, 0.5) is 8.78 Å². The Bertz CT molecular complexity index is 375. The molecule has 0 radical (unpaired) electrons. The maximum Gasteiger partial charge on any atom is 0.328 e. The average Bonchev–Trinajstić information content (AvgIpc) is 2.16. The van der Waals surface area contributed by atoms with Crippen LogP contribution in [0.1, 0.15) is 12.5 Å². The topological polar surface area (TPSA) is 49.3 Å². The summed E-state index contributed by atoms with van der Waals surface area (Å²) in [6.45, 7) is 1.21. The van der Waals surface area contributed by atoms with Crippen molar-refractivity contribution in [2.24, 2.45) is 0 Å². The van der Waals surface area contributed by atoms with Crippen LogP contribution in [0.25, 0.3) is 0 Å². The quantitative estimate of drug-likeness (QED) is 0.803. The van der Waals surface area contributed by atoms with Gasteiger partial charge in [0.25, 0.3) is 0 Å². The zero-order valence-electron chi connectivity index (χ0n) is 8.34. The van der Waals surface area contributed by atoms with Gasteiger partial charge in [-0.05, 0) is 26.1 Å². The van der Waals surface area contributed by atoms with Crippen LogP contribution in [0.2, 0.25) is 0 Å². The molecule has 1 rings (SSSR count). The fourth-order valence-corrected chi connectivity index (χ4v) is 1.31. The Morgan fingerprint density at radius 2 is 1.87 bits per heavy atom. The molecule has 0 heterocycles. The number of hydrogen-bond acceptors (Lipinski definition) is 2. The molecule has 0 spiro atoms. The number of rotatable bonds is 3. The van der Waals surface area contributed by atoms with Crippen LogP contribution in [0, 0.1) is 11.6 Å². The van der Waals surface area contributed by atoms with E-state index in [1.165, 1.54) is 20.0 Å². The lowest BCUT2D eigenvalue weighted by molar-refractivity contribution is -0.144. The smallest absolute Gasteiger partial charge is 0.328 e. The number of carbonyl (C=O) groups is 1. The second-order valence-corrected chi connectivity index (χ2v) is 3.28. The highest BCUT2D eigenvalue weighted by Crippen LogP contribution is 2.26. The standard InChI is InChI=1S/C10H11F2NO2/c1-10(13-2,9(14)15)8-6(11)4-3-5-7(8)12/h3-5,13H,1-2H3,(H,14,15)/t10-/m0/s1. The van der Waals surface area contributed by atoms with Gasteiger partial charge in [0, 0.05) is 0 Å². The van der Waals surface area contributed by atoms with Gasteiger partial charge in [-0.15, -0.1) is 0 Å². The highest BCUT2D eigenvalue weighted by atomic mass is 19.1. The van der Waals surface area contributed by atoms with Crippen LogP contribution in [-0.2, 0) is 10.3 Å². The van der Waals surface area contributed by atoms with Gasteiger partial charge in [-0.2, -0.15) is 0 Å². The molecule has 15 heavy (non-hydrogen) atoms. The number of nitrogens with one attached hydrogen (secondary N) is 1. The van der Waals surface area contributed by atoms with Gasteiger partial charge in [0.15, 0.2) is 0 Å². The SMILES string of the molecule is CN[C@](C)(C(=O)O)c1c(F)cccc1F. The molecule has 0 saturated carbocycles. The third-order valence-corrected chi connectivity index (χ3v) is 2.39. The molecule has 0 bridgehead atoms. The third-order valence-electron chi connectivity index (χ3n) is 2.39. The van der Waals surface area contributed by atoms with E-state index < -0.39 is 28.7 Å². The first-order valence-corrected chi connectivity index (χ1v) is 4.30. The Kier molecular flexibility index (Phi) is 3.04. The van der Waals surface area contributed by atoms with Crippen LogP contribution in [-0.4, -0.2) is 18.1 Å². The predicted octanol–water partition coefficient (Wildman–Crippen LogP) is 1.48. The second kappa shape index (κ2) is 3.94. The van der Waals surface area contributed by atoms with Gasteiger partial charge >= 0.3 is 5.97 Å².